The average Bonchev–Trinajstić information content (AvgIpc) is 3.27. The number of nitrogens with one attached hydrogen (secondary N) is 2. The maximum Gasteiger partial charge on any atom is 0.191 e. The molecule has 1 aromatic rings. The Bertz CT molecular complexity index is 599. The SMILES string of the molecule is CN=C(NCCCOCC1CCOC1)NCc1ccccc1N1CCOCC1. The zero-order valence-electron chi connectivity index (χ0n) is 17.0. The van der Waals surface area contributed by atoms with Gasteiger partial charge in [-0.25, -0.2) is 0 Å². The van der Waals surface area contributed by atoms with Gasteiger partial charge in [0.15, 0.2) is 5.96 Å². The average molecular weight is 391 g/mol. The molecule has 7 nitrogen and oxygen atoms in total. The summed E-state index contributed by atoms with van der Waals surface area (Å²) in [6.07, 6.45) is 2.08. The van der Waals surface area contributed by atoms with Crippen molar-refractivity contribution in [1.82, 2.24) is 10.6 Å². The predicted octanol–water partition coefficient (Wildman–Crippen LogP) is 1.63. The van der Waals surface area contributed by atoms with Crippen molar-refractivity contribution in [3.05, 3.63) is 29.8 Å². The third kappa shape index (κ3) is 6.65. The van der Waals surface area contributed by atoms with Crippen molar-refractivity contribution < 1.29 is 14.2 Å². The number of para-hydroxylation sites is 1. The van der Waals surface area contributed by atoms with Crippen LogP contribution in [-0.4, -0.2) is 72.3 Å². The number of hydrogen-bond donors (Lipinski definition) is 2. The molecule has 0 aliphatic carbocycles. The number of benzene rings is 1. The summed E-state index contributed by atoms with van der Waals surface area (Å²) in [5.41, 5.74) is 2.55. The highest BCUT2D eigenvalue weighted by molar-refractivity contribution is 5.79. The van der Waals surface area contributed by atoms with Gasteiger partial charge in [0.25, 0.3) is 0 Å². The quantitative estimate of drug-likeness (QED) is 0.380. The number of nitrogens with zero attached hydrogens (tertiary/aromatic N) is 2. The van der Waals surface area contributed by atoms with Crippen LogP contribution in [0.4, 0.5) is 5.69 Å². The number of hydrogen-bond acceptors (Lipinski definition) is 5. The summed E-state index contributed by atoms with van der Waals surface area (Å²) in [5.74, 6) is 1.40. The van der Waals surface area contributed by atoms with E-state index in [0.717, 1.165) is 84.6 Å². The molecule has 156 valence electrons. The van der Waals surface area contributed by atoms with Gasteiger partial charge >= 0.3 is 0 Å². The molecule has 3 rings (SSSR count). The van der Waals surface area contributed by atoms with E-state index in [4.69, 9.17) is 14.2 Å². The Kier molecular flexibility index (Phi) is 8.87. The van der Waals surface area contributed by atoms with Crippen LogP contribution in [0.3, 0.4) is 0 Å². The first-order chi connectivity index (χ1) is 13.9. The van der Waals surface area contributed by atoms with Crippen molar-refractivity contribution >= 4 is 11.6 Å². The van der Waals surface area contributed by atoms with Crippen molar-refractivity contribution in [2.45, 2.75) is 19.4 Å². The van der Waals surface area contributed by atoms with E-state index < -0.39 is 0 Å². The van der Waals surface area contributed by atoms with Crippen LogP contribution >= 0.6 is 0 Å². The first-order valence-electron chi connectivity index (χ1n) is 10.4. The summed E-state index contributed by atoms with van der Waals surface area (Å²) in [4.78, 5) is 6.72. The smallest absolute Gasteiger partial charge is 0.191 e. The molecule has 0 radical (unpaired) electrons. The second kappa shape index (κ2) is 11.9. The van der Waals surface area contributed by atoms with Crippen LogP contribution in [0.1, 0.15) is 18.4 Å². The van der Waals surface area contributed by atoms with Crippen molar-refractivity contribution in [3.8, 4) is 0 Å². The van der Waals surface area contributed by atoms with E-state index in [1.165, 1.54) is 11.3 Å². The van der Waals surface area contributed by atoms with E-state index in [9.17, 15) is 0 Å². The molecular weight excluding hydrogens is 356 g/mol. The summed E-state index contributed by atoms with van der Waals surface area (Å²) in [6.45, 7) is 8.35. The molecule has 7 heteroatoms. The van der Waals surface area contributed by atoms with Crippen LogP contribution < -0.4 is 15.5 Å². The topological polar surface area (TPSA) is 67.4 Å². The second-order valence-corrected chi connectivity index (χ2v) is 7.24. The van der Waals surface area contributed by atoms with E-state index in [-0.39, 0.29) is 0 Å². The number of anilines is 1. The highest BCUT2D eigenvalue weighted by Gasteiger charge is 2.15. The van der Waals surface area contributed by atoms with Gasteiger partial charge in [0.1, 0.15) is 0 Å². The highest BCUT2D eigenvalue weighted by Crippen LogP contribution is 2.21. The van der Waals surface area contributed by atoms with Crippen molar-refractivity contribution in [2.24, 2.45) is 10.9 Å². The number of guanidine groups is 1. The standard InChI is InChI=1S/C21H34N4O3/c1-22-21(23-8-4-11-27-16-18-7-12-28-17-18)24-15-19-5-2-3-6-20(19)25-9-13-26-14-10-25/h2-3,5-6,18H,4,7-17H2,1H3,(H2,22,23,24). The third-order valence-corrected chi connectivity index (χ3v) is 5.15. The lowest BCUT2D eigenvalue weighted by Gasteiger charge is -2.30. The van der Waals surface area contributed by atoms with Gasteiger partial charge in [-0.15, -0.1) is 0 Å². The van der Waals surface area contributed by atoms with E-state index in [1.807, 2.05) is 0 Å². The van der Waals surface area contributed by atoms with E-state index in [0.29, 0.717) is 5.92 Å². The number of aliphatic imine (C=N–C) groups is 1. The minimum atomic E-state index is 0.578. The first kappa shape index (κ1) is 20.9. The minimum Gasteiger partial charge on any atom is -0.381 e. The summed E-state index contributed by atoms with van der Waals surface area (Å²) >= 11 is 0. The molecule has 2 fully saturated rings. The van der Waals surface area contributed by atoms with Crippen LogP contribution in [0.15, 0.2) is 29.3 Å². The summed E-state index contributed by atoms with van der Waals surface area (Å²) in [6, 6.07) is 8.54. The molecule has 2 saturated heterocycles. The molecule has 2 aliphatic rings. The Morgan fingerprint density at radius 3 is 2.82 bits per heavy atom. The van der Waals surface area contributed by atoms with Crippen LogP contribution in [0.25, 0.3) is 0 Å². The Morgan fingerprint density at radius 1 is 1.18 bits per heavy atom. The van der Waals surface area contributed by atoms with Gasteiger partial charge in [-0.2, -0.15) is 0 Å². The largest absolute Gasteiger partial charge is 0.381 e. The molecule has 2 N–H and O–H groups in total. The van der Waals surface area contributed by atoms with E-state index >= 15 is 0 Å². The maximum absolute atomic E-state index is 5.75. The van der Waals surface area contributed by atoms with Gasteiger partial charge in [0.2, 0.25) is 0 Å². The molecule has 0 amide bonds. The molecule has 1 aromatic carbocycles. The van der Waals surface area contributed by atoms with Crippen molar-refractivity contribution in [2.75, 3.05) is 71.2 Å². The second-order valence-electron chi connectivity index (χ2n) is 7.24. The van der Waals surface area contributed by atoms with Crippen molar-refractivity contribution in [1.29, 1.82) is 0 Å². The maximum atomic E-state index is 5.75. The number of morpholine rings is 1. The van der Waals surface area contributed by atoms with Gasteiger partial charge in [-0.05, 0) is 24.5 Å². The number of rotatable bonds is 9. The fourth-order valence-electron chi connectivity index (χ4n) is 3.52. The normalized spacial score (nSPS) is 20.4. The molecule has 1 unspecified atom stereocenters. The van der Waals surface area contributed by atoms with Crippen molar-refractivity contribution in [3.63, 3.8) is 0 Å². The van der Waals surface area contributed by atoms with Gasteiger partial charge in [-0.3, -0.25) is 4.99 Å². The monoisotopic (exact) mass is 390 g/mol. The molecule has 2 aliphatic heterocycles. The molecule has 0 saturated carbocycles. The zero-order valence-corrected chi connectivity index (χ0v) is 17.0. The molecule has 0 aromatic heterocycles. The predicted molar refractivity (Wildman–Crippen MR) is 112 cm³/mol. The zero-order chi connectivity index (χ0) is 19.4. The molecule has 2 heterocycles. The van der Waals surface area contributed by atoms with Crippen LogP contribution in [-0.2, 0) is 20.8 Å². The third-order valence-electron chi connectivity index (χ3n) is 5.15. The minimum absolute atomic E-state index is 0.578. The Morgan fingerprint density at radius 2 is 2.04 bits per heavy atom. The van der Waals surface area contributed by atoms with Gasteiger partial charge in [0.05, 0.1) is 26.4 Å². The fraction of sp³-hybridized carbons (Fsp3) is 0.667. The Labute approximate surface area is 168 Å². The highest BCUT2D eigenvalue weighted by atomic mass is 16.5. The van der Waals surface area contributed by atoms with Crippen LogP contribution in [0, 0.1) is 5.92 Å². The Balaban J connectivity index is 1.36. The molecule has 0 spiro atoms. The lowest BCUT2D eigenvalue weighted by molar-refractivity contribution is 0.0888. The molecule has 28 heavy (non-hydrogen) atoms. The molecule has 0 bridgehead atoms. The lowest BCUT2D eigenvalue weighted by Crippen LogP contribution is -2.39. The van der Waals surface area contributed by atoms with Gasteiger partial charge in [-0.1, -0.05) is 18.2 Å². The first-order valence-corrected chi connectivity index (χ1v) is 10.4. The Hall–Kier alpha value is -1.83. The van der Waals surface area contributed by atoms with Gasteiger partial charge < -0.3 is 29.7 Å². The van der Waals surface area contributed by atoms with Gasteiger partial charge in [0, 0.05) is 58.0 Å². The van der Waals surface area contributed by atoms with E-state index in [1.54, 1.807) is 7.05 Å². The summed E-state index contributed by atoms with van der Waals surface area (Å²) in [7, 11) is 1.81. The fourth-order valence-corrected chi connectivity index (χ4v) is 3.52. The lowest BCUT2D eigenvalue weighted by atomic mass is 10.1. The summed E-state index contributed by atoms with van der Waals surface area (Å²) < 4.78 is 16.6. The number of ether oxygens (including phenoxy) is 3. The molecular formula is C21H34N4O3. The van der Waals surface area contributed by atoms with Crippen LogP contribution in [0.2, 0.25) is 0 Å². The molecule has 1 atom stereocenters. The van der Waals surface area contributed by atoms with E-state index in [2.05, 4.69) is 44.8 Å². The summed E-state index contributed by atoms with van der Waals surface area (Å²) in [5, 5.41) is 6.79. The van der Waals surface area contributed by atoms with Crippen LogP contribution in [0.5, 0.6) is 0 Å².